The van der Waals surface area contributed by atoms with E-state index in [0.29, 0.717) is 10.4 Å². The maximum atomic E-state index is 12.5. The first-order valence-electron chi connectivity index (χ1n) is 6.56. The Morgan fingerprint density at radius 1 is 1.05 bits per heavy atom. The van der Waals surface area contributed by atoms with Gasteiger partial charge in [0.1, 0.15) is 0 Å². The van der Waals surface area contributed by atoms with Crippen molar-refractivity contribution in [3.8, 4) is 11.1 Å². The minimum Gasteiger partial charge on any atom is -0.313 e. The summed E-state index contributed by atoms with van der Waals surface area (Å²) in [5.74, 6) is 0.247. The summed E-state index contributed by atoms with van der Waals surface area (Å²) in [6, 6.07) is 15.3. The molecule has 0 fully saturated rings. The summed E-state index contributed by atoms with van der Waals surface area (Å²) >= 11 is 12.5. The molecule has 2 nitrogen and oxygen atoms in total. The number of nitrogens with zero attached hydrogens (tertiary/aromatic N) is 1. The van der Waals surface area contributed by atoms with Crippen molar-refractivity contribution in [1.29, 1.82) is 0 Å². The van der Waals surface area contributed by atoms with Crippen LogP contribution in [0.4, 0.5) is 0 Å². The molecule has 0 aliphatic carbocycles. The quantitative estimate of drug-likeness (QED) is 0.633. The van der Waals surface area contributed by atoms with Gasteiger partial charge in [0.15, 0.2) is 0 Å². The van der Waals surface area contributed by atoms with Gasteiger partial charge in [-0.3, -0.25) is 4.79 Å². The van der Waals surface area contributed by atoms with Crippen molar-refractivity contribution >= 4 is 34.0 Å². The second-order valence-corrected chi connectivity index (χ2v) is 5.52. The van der Waals surface area contributed by atoms with Crippen molar-refractivity contribution in [3.63, 3.8) is 0 Å². The molecule has 0 saturated heterocycles. The summed E-state index contributed by atoms with van der Waals surface area (Å²) in [6.45, 7) is 0. The molecule has 0 radical (unpaired) electrons. The zero-order valence-electron chi connectivity index (χ0n) is 11.4. The number of fused-ring (bicyclic) bond motifs is 1. The van der Waals surface area contributed by atoms with Crippen LogP contribution in [0.3, 0.4) is 0 Å². The van der Waals surface area contributed by atoms with Crippen LogP contribution in [0.5, 0.6) is 0 Å². The van der Waals surface area contributed by atoms with Crippen molar-refractivity contribution < 1.29 is 0 Å². The van der Waals surface area contributed by atoms with E-state index in [1.165, 1.54) is 0 Å². The van der Waals surface area contributed by atoms with E-state index in [2.05, 4.69) is 0 Å². The fourth-order valence-corrected chi connectivity index (χ4v) is 3.23. The number of hydrogen-bond donors (Lipinski definition) is 0. The molecular formula is C17H13Cl2NO. The van der Waals surface area contributed by atoms with Crippen LogP contribution in [0.25, 0.3) is 21.9 Å². The smallest absolute Gasteiger partial charge is 0.258 e. The molecule has 0 unspecified atom stereocenters. The van der Waals surface area contributed by atoms with Gasteiger partial charge in [-0.1, -0.05) is 48.0 Å². The minimum atomic E-state index is -0.0807. The van der Waals surface area contributed by atoms with E-state index in [1.54, 1.807) is 29.8 Å². The molecule has 3 aromatic rings. The van der Waals surface area contributed by atoms with Gasteiger partial charge in [-0.05, 0) is 17.7 Å². The Kier molecular flexibility index (Phi) is 3.75. The Balaban J connectivity index is 2.58. The summed E-state index contributed by atoms with van der Waals surface area (Å²) in [6.07, 6.45) is 0. The number of benzene rings is 2. The van der Waals surface area contributed by atoms with Crippen molar-refractivity contribution in [2.45, 2.75) is 5.88 Å². The lowest BCUT2D eigenvalue weighted by atomic mass is 9.97. The van der Waals surface area contributed by atoms with Crippen LogP contribution >= 0.6 is 23.2 Å². The van der Waals surface area contributed by atoms with Crippen LogP contribution in [0.2, 0.25) is 5.02 Å². The van der Waals surface area contributed by atoms with Gasteiger partial charge in [0.25, 0.3) is 5.56 Å². The van der Waals surface area contributed by atoms with E-state index in [1.807, 2.05) is 30.3 Å². The van der Waals surface area contributed by atoms with Gasteiger partial charge in [-0.25, -0.2) is 0 Å². The van der Waals surface area contributed by atoms with Gasteiger partial charge in [0.05, 0.1) is 5.88 Å². The molecule has 3 rings (SSSR count). The van der Waals surface area contributed by atoms with Crippen molar-refractivity contribution in [2.24, 2.45) is 7.05 Å². The average Bonchev–Trinajstić information content (AvgIpc) is 2.52. The summed E-state index contributed by atoms with van der Waals surface area (Å²) < 4.78 is 1.61. The standard InChI is InChI=1S/C17H13Cl2NO/c1-20-14(10-18)15(11-6-3-2-4-7-11)16-12(17(20)21)8-5-9-13(16)19/h2-9H,10H2,1H3. The van der Waals surface area contributed by atoms with E-state index in [9.17, 15) is 4.79 Å². The van der Waals surface area contributed by atoms with E-state index in [-0.39, 0.29) is 11.4 Å². The Hall–Kier alpha value is -1.77. The second-order valence-electron chi connectivity index (χ2n) is 4.85. The molecule has 1 heterocycles. The van der Waals surface area contributed by atoms with Crippen LogP contribution in [0, 0.1) is 0 Å². The van der Waals surface area contributed by atoms with Gasteiger partial charge in [0.2, 0.25) is 0 Å². The highest BCUT2D eigenvalue weighted by molar-refractivity contribution is 6.36. The van der Waals surface area contributed by atoms with Crippen LogP contribution in [-0.2, 0) is 12.9 Å². The molecule has 0 amide bonds. The van der Waals surface area contributed by atoms with Gasteiger partial charge < -0.3 is 4.57 Å². The summed E-state index contributed by atoms with van der Waals surface area (Å²) in [5, 5.41) is 1.94. The van der Waals surface area contributed by atoms with Gasteiger partial charge in [-0.15, -0.1) is 11.6 Å². The molecule has 0 bridgehead atoms. The molecule has 1 aromatic heterocycles. The molecule has 0 spiro atoms. The van der Waals surface area contributed by atoms with Crippen LogP contribution in [0.1, 0.15) is 5.69 Å². The lowest BCUT2D eigenvalue weighted by molar-refractivity contribution is 0.824. The Morgan fingerprint density at radius 3 is 2.43 bits per heavy atom. The Morgan fingerprint density at radius 2 is 1.76 bits per heavy atom. The third kappa shape index (κ3) is 2.25. The van der Waals surface area contributed by atoms with Crippen molar-refractivity contribution in [2.75, 3.05) is 0 Å². The highest BCUT2D eigenvalue weighted by Gasteiger charge is 2.17. The molecule has 106 valence electrons. The summed E-state index contributed by atoms with van der Waals surface area (Å²) in [5.41, 5.74) is 2.62. The minimum absolute atomic E-state index is 0.0807. The molecular weight excluding hydrogens is 305 g/mol. The van der Waals surface area contributed by atoms with Gasteiger partial charge in [-0.2, -0.15) is 0 Å². The number of aromatic nitrogens is 1. The lowest BCUT2D eigenvalue weighted by Crippen LogP contribution is -2.21. The van der Waals surface area contributed by atoms with Gasteiger partial charge >= 0.3 is 0 Å². The Bertz CT molecular complexity index is 869. The van der Waals surface area contributed by atoms with E-state index < -0.39 is 0 Å². The molecule has 0 atom stereocenters. The monoisotopic (exact) mass is 317 g/mol. The summed E-state index contributed by atoms with van der Waals surface area (Å²) in [4.78, 5) is 12.5. The first-order valence-corrected chi connectivity index (χ1v) is 7.48. The number of rotatable bonds is 2. The molecule has 0 saturated carbocycles. The Labute approximate surface area is 132 Å². The fraction of sp³-hybridized carbons (Fsp3) is 0.118. The maximum Gasteiger partial charge on any atom is 0.258 e. The van der Waals surface area contributed by atoms with Crippen LogP contribution in [0.15, 0.2) is 53.3 Å². The molecule has 21 heavy (non-hydrogen) atoms. The predicted octanol–water partition coefficient (Wildman–Crippen LogP) is 4.60. The second kappa shape index (κ2) is 5.55. The number of halogens is 2. The summed E-state index contributed by atoms with van der Waals surface area (Å²) in [7, 11) is 1.74. The van der Waals surface area contributed by atoms with Crippen LogP contribution in [-0.4, -0.2) is 4.57 Å². The normalized spacial score (nSPS) is 11.0. The topological polar surface area (TPSA) is 22.0 Å². The maximum absolute atomic E-state index is 12.5. The average molecular weight is 318 g/mol. The SMILES string of the molecule is Cn1c(CCl)c(-c2ccccc2)c2c(Cl)cccc2c1=O. The molecule has 0 aliphatic rings. The third-order valence-electron chi connectivity index (χ3n) is 3.68. The van der Waals surface area contributed by atoms with Crippen molar-refractivity contribution in [3.05, 3.63) is 69.6 Å². The van der Waals surface area contributed by atoms with E-state index in [0.717, 1.165) is 22.2 Å². The third-order valence-corrected chi connectivity index (χ3v) is 4.25. The highest BCUT2D eigenvalue weighted by atomic mass is 35.5. The zero-order valence-corrected chi connectivity index (χ0v) is 12.9. The molecule has 0 N–H and O–H groups in total. The first-order chi connectivity index (χ1) is 10.1. The van der Waals surface area contributed by atoms with Crippen molar-refractivity contribution in [1.82, 2.24) is 4.57 Å². The number of pyridine rings is 1. The largest absolute Gasteiger partial charge is 0.313 e. The van der Waals surface area contributed by atoms with Gasteiger partial charge in [0, 0.05) is 34.1 Å². The number of alkyl halides is 1. The molecule has 0 aliphatic heterocycles. The highest BCUT2D eigenvalue weighted by Crippen LogP contribution is 2.35. The fourth-order valence-electron chi connectivity index (χ4n) is 2.64. The molecule has 4 heteroatoms. The zero-order chi connectivity index (χ0) is 15.0. The molecule has 2 aromatic carbocycles. The lowest BCUT2D eigenvalue weighted by Gasteiger charge is -2.16. The first kappa shape index (κ1) is 14.2. The van der Waals surface area contributed by atoms with E-state index in [4.69, 9.17) is 23.2 Å². The number of hydrogen-bond acceptors (Lipinski definition) is 1. The predicted molar refractivity (Wildman–Crippen MR) is 89.2 cm³/mol. The van der Waals surface area contributed by atoms with Crippen LogP contribution < -0.4 is 5.56 Å². The van der Waals surface area contributed by atoms with E-state index >= 15 is 0 Å².